The minimum absolute atomic E-state index is 0.468. The fraction of sp³-hybridized carbons (Fsp3) is 0.800. The third-order valence-corrected chi connectivity index (χ3v) is 1.25. The van der Waals surface area contributed by atoms with E-state index in [0.717, 1.165) is 0 Å². The average Bonchev–Trinajstić information content (AvgIpc) is 1.97. The van der Waals surface area contributed by atoms with Gasteiger partial charge in [-0.1, -0.05) is 0 Å². The molecule has 6 heteroatoms. The van der Waals surface area contributed by atoms with Crippen molar-refractivity contribution in [2.45, 2.75) is 18.9 Å². The number of carbonyl (C=O) groups is 1. The van der Waals surface area contributed by atoms with Gasteiger partial charge in [0.05, 0.1) is 0 Å². The van der Waals surface area contributed by atoms with Gasteiger partial charge in [0.25, 0.3) is 0 Å². The van der Waals surface area contributed by atoms with Gasteiger partial charge in [-0.25, -0.2) is 5.43 Å². The number of carboxylic acids is 1. The third-order valence-electron chi connectivity index (χ3n) is 1.25. The molecule has 7 N–H and O–H groups in total. The van der Waals surface area contributed by atoms with E-state index in [1.807, 2.05) is 0 Å². The lowest BCUT2D eigenvalue weighted by Crippen LogP contribution is -2.48. The Morgan fingerprint density at radius 3 is 2.64 bits per heavy atom. The van der Waals surface area contributed by atoms with Crippen molar-refractivity contribution in [3.63, 3.8) is 0 Å². The van der Waals surface area contributed by atoms with E-state index in [4.69, 9.17) is 16.7 Å². The SMILES string of the molecule is NCCC[C@H](NNN)C(=O)O. The van der Waals surface area contributed by atoms with Crippen LogP contribution in [0.1, 0.15) is 12.8 Å². The lowest BCUT2D eigenvalue weighted by Gasteiger charge is -2.11. The molecule has 0 aromatic rings. The molecule has 11 heavy (non-hydrogen) atoms. The van der Waals surface area contributed by atoms with E-state index in [2.05, 4.69) is 11.0 Å². The third kappa shape index (κ3) is 4.68. The van der Waals surface area contributed by atoms with Crippen molar-refractivity contribution >= 4 is 5.97 Å². The molecule has 0 saturated heterocycles. The van der Waals surface area contributed by atoms with Gasteiger partial charge in [0, 0.05) is 0 Å². The first kappa shape index (κ1) is 10.3. The molecule has 66 valence electrons. The van der Waals surface area contributed by atoms with E-state index < -0.39 is 12.0 Å². The van der Waals surface area contributed by atoms with Crippen molar-refractivity contribution in [2.24, 2.45) is 11.6 Å². The fourth-order valence-electron chi connectivity index (χ4n) is 0.680. The molecule has 1 atom stereocenters. The van der Waals surface area contributed by atoms with E-state index in [0.29, 0.717) is 19.4 Å². The molecule has 0 aliphatic rings. The van der Waals surface area contributed by atoms with Crippen LogP contribution in [0.4, 0.5) is 0 Å². The summed E-state index contributed by atoms with van der Waals surface area (Å²) < 4.78 is 0. The molecule has 0 aliphatic heterocycles. The molecule has 0 aromatic carbocycles. The second kappa shape index (κ2) is 6.05. The van der Waals surface area contributed by atoms with Gasteiger partial charge in [-0.15, -0.1) is 0 Å². The highest BCUT2D eigenvalue weighted by molar-refractivity contribution is 5.73. The lowest BCUT2D eigenvalue weighted by atomic mass is 10.2. The van der Waals surface area contributed by atoms with Crippen LogP contribution in [0.25, 0.3) is 0 Å². The van der Waals surface area contributed by atoms with Gasteiger partial charge in [0.2, 0.25) is 0 Å². The Morgan fingerprint density at radius 2 is 2.27 bits per heavy atom. The fourth-order valence-corrected chi connectivity index (χ4v) is 0.680. The van der Waals surface area contributed by atoms with E-state index >= 15 is 0 Å². The molecular formula is C5H14N4O2. The number of aliphatic carboxylic acids is 1. The predicted octanol–water partition coefficient (Wildman–Crippen LogP) is -1.85. The second-order valence-corrected chi connectivity index (χ2v) is 2.11. The number of carboxylic acid groups (broad SMARTS) is 1. The minimum Gasteiger partial charge on any atom is -0.480 e. The molecule has 0 fully saturated rings. The predicted molar refractivity (Wildman–Crippen MR) is 40.2 cm³/mol. The van der Waals surface area contributed by atoms with Crippen molar-refractivity contribution in [3.8, 4) is 0 Å². The topological polar surface area (TPSA) is 113 Å². The van der Waals surface area contributed by atoms with Gasteiger partial charge in [0.1, 0.15) is 6.04 Å². The Hall–Kier alpha value is -0.690. The van der Waals surface area contributed by atoms with Gasteiger partial charge in [0.15, 0.2) is 0 Å². The van der Waals surface area contributed by atoms with Crippen LogP contribution in [0.3, 0.4) is 0 Å². The zero-order valence-electron chi connectivity index (χ0n) is 6.21. The smallest absolute Gasteiger partial charge is 0.322 e. The van der Waals surface area contributed by atoms with E-state index in [1.54, 1.807) is 0 Å². The van der Waals surface area contributed by atoms with E-state index in [-0.39, 0.29) is 0 Å². The van der Waals surface area contributed by atoms with Gasteiger partial charge in [-0.05, 0) is 19.4 Å². The van der Waals surface area contributed by atoms with Crippen LogP contribution in [-0.2, 0) is 4.79 Å². The highest BCUT2D eigenvalue weighted by atomic mass is 16.4. The van der Waals surface area contributed by atoms with Gasteiger partial charge in [-0.2, -0.15) is 5.53 Å². The van der Waals surface area contributed by atoms with Crippen LogP contribution in [0, 0.1) is 0 Å². The molecule has 0 bridgehead atoms. The lowest BCUT2D eigenvalue weighted by molar-refractivity contribution is -0.140. The van der Waals surface area contributed by atoms with Crippen LogP contribution in [-0.4, -0.2) is 23.7 Å². The van der Waals surface area contributed by atoms with E-state index in [1.165, 1.54) is 0 Å². The molecule has 0 amide bonds. The maximum atomic E-state index is 10.4. The molecule has 0 heterocycles. The Kier molecular flexibility index (Phi) is 5.67. The Labute approximate surface area is 64.9 Å². The highest BCUT2D eigenvalue weighted by Gasteiger charge is 2.14. The highest BCUT2D eigenvalue weighted by Crippen LogP contribution is 1.94. The zero-order valence-corrected chi connectivity index (χ0v) is 6.21. The summed E-state index contributed by atoms with van der Waals surface area (Å²) in [4.78, 5) is 10.4. The number of hydrogen-bond donors (Lipinski definition) is 5. The molecular weight excluding hydrogens is 148 g/mol. The molecule has 0 aliphatic carbocycles. The summed E-state index contributed by atoms with van der Waals surface area (Å²) in [5, 5.41) is 8.53. The first-order valence-electron chi connectivity index (χ1n) is 3.36. The Balaban J connectivity index is 3.60. The van der Waals surface area contributed by atoms with Crippen molar-refractivity contribution in [2.75, 3.05) is 6.54 Å². The molecule has 0 spiro atoms. The number of rotatable bonds is 6. The molecule has 0 rings (SSSR count). The first-order valence-corrected chi connectivity index (χ1v) is 3.36. The van der Waals surface area contributed by atoms with E-state index in [9.17, 15) is 4.79 Å². The largest absolute Gasteiger partial charge is 0.480 e. The van der Waals surface area contributed by atoms with Crippen molar-refractivity contribution in [1.82, 2.24) is 11.0 Å². The van der Waals surface area contributed by atoms with Gasteiger partial charge in [-0.3, -0.25) is 10.6 Å². The minimum atomic E-state index is -0.934. The summed E-state index contributed by atoms with van der Waals surface area (Å²) >= 11 is 0. The van der Waals surface area contributed by atoms with Crippen LogP contribution in [0.2, 0.25) is 0 Å². The quantitative estimate of drug-likeness (QED) is 0.231. The second-order valence-electron chi connectivity index (χ2n) is 2.11. The number of hydrogen-bond acceptors (Lipinski definition) is 5. The van der Waals surface area contributed by atoms with Gasteiger partial charge >= 0.3 is 5.97 Å². The number of nitrogens with two attached hydrogens (primary N) is 2. The molecule has 0 radical (unpaired) electrons. The summed E-state index contributed by atoms with van der Waals surface area (Å²) in [5.41, 5.74) is 9.68. The maximum absolute atomic E-state index is 10.4. The zero-order chi connectivity index (χ0) is 8.69. The monoisotopic (exact) mass is 162 g/mol. The molecule has 0 unspecified atom stereocenters. The molecule has 0 saturated carbocycles. The standard InChI is InChI=1S/C5H14N4O2/c6-3-1-2-4(5(10)11)8-9-7/h4,8-9H,1-3,6-7H2,(H,10,11)/t4-/m0/s1. The Morgan fingerprint density at radius 1 is 1.64 bits per heavy atom. The molecule has 0 aromatic heterocycles. The summed E-state index contributed by atoms with van der Waals surface area (Å²) in [6.45, 7) is 0.482. The van der Waals surface area contributed by atoms with Crippen LogP contribution in [0.15, 0.2) is 0 Å². The number of nitrogens with one attached hydrogen (secondary N) is 2. The average molecular weight is 162 g/mol. The molecule has 6 nitrogen and oxygen atoms in total. The van der Waals surface area contributed by atoms with Gasteiger partial charge < -0.3 is 10.8 Å². The normalized spacial score (nSPS) is 12.9. The maximum Gasteiger partial charge on any atom is 0.322 e. The Bertz CT molecular complexity index is 119. The summed E-state index contributed by atoms with van der Waals surface area (Å²) in [7, 11) is 0. The summed E-state index contributed by atoms with van der Waals surface area (Å²) in [5.74, 6) is 3.95. The summed E-state index contributed by atoms with van der Waals surface area (Å²) in [6, 6.07) is -0.663. The number of hydrazine groups is 2. The van der Waals surface area contributed by atoms with Crippen LogP contribution in [0.5, 0.6) is 0 Å². The first-order chi connectivity index (χ1) is 5.22. The summed E-state index contributed by atoms with van der Waals surface area (Å²) in [6.07, 6.45) is 1.13. The van der Waals surface area contributed by atoms with Crippen molar-refractivity contribution < 1.29 is 9.90 Å². The van der Waals surface area contributed by atoms with Crippen LogP contribution < -0.4 is 22.5 Å². The van der Waals surface area contributed by atoms with Crippen molar-refractivity contribution in [1.29, 1.82) is 0 Å². The van der Waals surface area contributed by atoms with Crippen molar-refractivity contribution in [3.05, 3.63) is 0 Å². The van der Waals surface area contributed by atoms with Crippen LogP contribution >= 0.6 is 0 Å².